The van der Waals surface area contributed by atoms with E-state index in [4.69, 9.17) is 9.84 Å². The molecule has 0 unspecified atom stereocenters. The fourth-order valence-corrected chi connectivity index (χ4v) is 3.35. The molecular weight excluding hydrogens is 372 g/mol. The molecule has 0 amide bonds. The Balaban J connectivity index is 3.20. The summed E-state index contributed by atoms with van der Waals surface area (Å²) in [5.41, 5.74) is -0.915. The van der Waals surface area contributed by atoms with Crippen LogP contribution in [-0.2, 0) is 9.53 Å². The Bertz CT molecular complexity index is 349. The smallest absolute Gasteiger partial charge is 0.303 e. The van der Waals surface area contributed by atoms with Gasteiger partial charge in [0.15, 0.2) is 0 Å². The van der Waals surface area contributed by atoms with Crippen LogP contribution in [0.1, 0.15) is 103 Å². The standard InChI is InChI=1S/C23H46O6/c24-18-23(19-25,20-26)21-29-17-15-13-11-9-7-5-3-1-2-4-6-8-10-12-14-16-22(27)28/h24-26H,1-21H2,(H,27,28). The lowest BCUT2D eigenvalue weighted by Crippen LogP contribution is -2.38. The van der Waals surface area contributed by atoms with Crippen molar-refractivity contribution in [1.82, 2.24) is 0 Å². The first-order chi connectivity index (χ1) is 14.1. The Labute approximate surface area is 177 Å². The van der Waals surface area contributed by atoms with Gasteiger partial charge in [0.05, 0.1) is 31.8 Å². The molecule has 0 fully saturated rings. The van der Waals surface area contributed by atoms with E-state index < -0.39 is 11.4 Å². The zero-order valence-corrected chi connectivity index (χ0v) is 18.5. The predicted octanol–water partition coefficient (Wildman–Crippen LogP) is 4.29. The number of rotatable bonds is 23. The van der Waals surface area contributed by atoms with Crippen LogP contribution < -0.4 is 0 Å². The van der Waals surface area contributed by atoms with Gasteiger partial charge >= 0.3 is 5.97 Å². The first-order valence-electron chi connectivity index (χ1n) is 11.7. The van der Waals surface area contributed by atoms with Gasteiger partial charge in [-0.15, -0.1) is 0 Å². The number of hydrogen-bond donors (Lipinski definition) is 4. The zero-order valence-electron chi connectivity index (χ0n) is 18.5. The van der Waals surface area contributed by atoms with Gasteiger partial charge in [-0.2, -0.15) is 0 Å². The average molecular weight is 419 g/mol. The molecule has 6 nitrogen and oxygen atoms in total. The van der Waals surface area contributed by atoms with Crippen molar-refractivity contribution in [1.29, 1.82) is 0 Å². The lowest BCUT2D eigenvalue weighted by atomic mass is 9.93. The molecule has 0 bridgehead atoms. The van der Waals surface area contributed by atoms with Crippen LogP contribution in [0.15, 0.2) is 0 Å². The summed E-state index contributed by atoms with van der Waals surface area (Å²) in [6, 6.07) is 0. The Morgan fingerprint density at radius 1 is 0.586 bits per heavy atom. The highest BCUT2D eigenvalue weighted by Crippen LogP contribution is 2.16. The molecule has 6 heteroatoms. The highest BCUT2D eigenvalue weighted by Gasteiger charge is 2.28. The van der Waals surface area contributed by atoms with Crippen LogP contribution in [0.4, 0.5) is 0 Å². The molecule has 0 atom stereocenters. The predicted molar refractivity (Wildman–Crippen MR) is 116 cm³/mol. The van der Waals surface area contributed by atoms with Crippen molar-refractivity contribution >= 4 is 5.97 Å². The molecular formula is C23H46O6. The second kappa shape index (κ2) is 20.6. The molecule has 29 heavy (non-hydrogen) atoms. The molecule has 0 aliphatic heterocycles. The summed E-state index contributed by atoms with van der Waals surface area (Å²) in [6.45, 7) is 0.000324. The molecule has 0 aliphatic carbocycles. The monoisotopic (exact) mass is 418 g/mol. The quantitative estimate of drug-likeness (QED) is 0.184. The highest BCUT2D eigenvalue weighted by atomic mass is 16.5. The van der Waals surface area contributed by atoms with Crippen LogP contribution >= 0.6 is 0 Å². The van der Waals surface area contributed by atoms with E-state index in [-0.39, 0.29) is 26.4 Å². The van der Waals surface area contributed by atoms with Crippen LogP contribution in [0, 0.1) is 5.41 Å². The summed E-state index contributed by atoms with van der Waals surface area (Å²) < 4.78 is 5.50. The number of aliphatic hydroxyl groups excluding tert-OH is 3. The number of aliphatic carboxylic acids is 1. The van der Waals surface area contributed by atoms with Gasteiger partial charge in [0.2, 0.25) is 0 Å². The third-order valence-electron chi connectivity index (χ3n) is 5.59. The molecule has 0 aromatic rings. The molecule has 0 radical (unpaired) electrons. The third-order valence-corrected chi connectivity index (χ3v) is 5.59. The Hall–Kier alpha value is -0.690. The van der Waals surface area contributed by atoms with Gasteiger partial charge in [0, 0.05) is 13.0 Å². The Morgan fingerprint density at radius 2 is 0.931 bits per heavy atom. The second-order valence-corrected chi connectivity index (χ2v) is 8.47. The zero-order chi connectivity index (χ0) is 21.6. The van der Waals surface area contributed by atoms with Crippen molar-refractivity contribution < 1.29 is 30.0 Å². The van der Waals surface area contributed by atoms with E-state index in [1.165, 1.54) is 70.6 Å². The summed E-state index contributed by atoms with van der Waals surface area (Å²) in [4.78, 5) is 10.4. The van der Waals surface area contributed by atoms with Gasteiger partial charge in [-0.05, 0) is 12.8 Å². The van der Waals surface area contributed by atoms with Crippen molar-refractivity contribution in [3.63, 3.8) is 0 Å². The Morgan fingerprint density at radius 3 is 1.28 bits per heavy atom. The maximum absolute atomic E-state index is 10.4. The van der Waals surface area contributed by atoms with E-state index >= 15 is 0 Å². The van der Waals surface area contributed by atoms with E-state index in [0.29, 0.717) is 13.0 Å². The molecule has 0 heterocycles. The molecule has 0 aromatic carbocycles. The molecule has 0 saturated carbocycles. The maximum atomic E-state index is 10.4. The van der Waals surface area contributed by atoms with Gasteiger partial charge in [0.25, 0.3) is 0 Å². The number of carboxylic acids is 1. The topological polar surface area (TPSA) is 107 Å². The minimum atomic E-state index is -0.915. The summed E-state index contributed by atoms with van der Waals surface area (Å²) in [5, 5.41) is 36.2. The van der Waals surface area contributed by atoms with Crippen molar-refractivity contribution in [2.24, 2.45) is 5.41 Å². The molecule has 0 spiro atoms. The van der Waals surface area contributed by atoms with Gasteiger partial charge in [0.1, 0.15) is 0 Å². The number of carbonyl (C=O) groups is 1. The van der Waals surface area contributed by atoms with Gasteiger partial charge < -0.3 is 25.2 Å². The largest absolute Gasteiger partial charge is 0.481 e. The maximum Gasteiger partial charge on any atom is 0.303 e. The number of aliphatic hydroxyl groups is 3. The van der Waals surface area contributed by atoms with Gasteiger partial charge in [-0.1, -0.05) is 83.5 Å². The SMILES string of the molecule is O=C(O)CCCCCCCCCCCCCCCCCOCC(CO)(CO)CO. The number of unbranched alkanes of at least 4 members (excludes halogenated alkanes) is 14. The molecule has 0 aromatic heterocycles. The molecule has 0 aliphatic rings. The minimum absolute atomic E-state index is 0.196. The fourth-order valence-electron chi connectivity index (χ4n) is 3.35. The number of ether oxygens (including phenoxy) is 1. The van der Waals surface area contributed by atoms with Crippen LogP contribution in [-0.4, -0.2) is 59.4 Å². The van der Waals surface area contributed by atoms with Crippen molar-refractivity contribution in [2.45, 2.75) is 103 Å². The summed E-state index contributed by atoms with van der Waals surface area (Å²) in [6.07, 6.45) is 18.4. The molecule has 0 saturated heterocycles. The third kappa shape index (κ3) is 17.8. The fraction of sp³-hybridized carbons (Fsp3) is 0.957. The number of carboxylic acid groups (broad SMARTS) is 1. The van der Waals surface area contributed by atoms with E-state index in [0.717, 1.165) is 25.7 Å². The van der Waals surface area contributed by atoms with E-state index in [1.54, 1.807) is 0 Å². The van der Waals surface area contributed by atoms with Gasteiger partial charge in [-0.25, -0.2) is 0 Å². The van der Waals surface area contributed by atoms with E-state index in [1.807, 2.05) is 0 Å². The Kier molecular flexibility index (Phi) is 20.1. The van der Waals surface area contributed by atoms with Crippen LogP contribution in [0.25, 0.3) is 0 Å². The van der Waals surface area contributed by atoms with Crippen LogP contribution in [0.5, 0.6) is 0 Å². The van der Waals surface area contributed by atoms with Crippen molar-refractivity contribution in [2.75, 3.05) is 33.0 Å². The second-order valence-electron chi connectivity index (χ2n) is 8.47. The minimum Gasteiger partial charge on any atom is -0.481 e. The normalized spacial score (nSPS) is 11.8. The lowest BCUT2D eigenvalue weighted by Gasteiger charge is -2.26. The van der Waals surface area contributed by atoms with Crippen LogP contribution in [0.3, 0.4) is 0 Å². The summed E-state index contributed by atoms with van der Waals surface area (Å²) in [7, 11) is 0. The molecule has 4 N–H and O–H groups in total. The first kappa shape index (κ1) is 28.3. The highest BCUT2D eigenvalue weighted by molar-refractivity contribution is 5.66. The first-order valence-corrected chi connectivity index (χ1v) is 11.7. The summed E-state index contributed by atoms with van der Waals surface area (Å²) >= 11 is 0. The van der Waals surface area contributed by atoms with E-state index in [2.05, 4.69) is 0 Å². The molecule has 0 rings (SSSR count). The van der Waals surface area contributed by atoms with Crippen molar-refractivity contribution in [3.8, 4) is 0 Å². The average Bonchev–Trinajstić information content (AvgIpc) is 2.73. The number of hydrogen-bond acceptors (Lipinski definition) is 5. The van der Waals surface area contributed by atoms with E-state index in [9.17, 15) is 20.1 Å². The molecule has 174 valence electrons. The van der Waals surface area contributed by atoms with Gasteiger partial charge in [-0.3, -0.25) is 4.79 Å². The lowest BCUT2D eigenvalue weighted by molar-refractivity contribution is -0.137. The summed E-state index contributed by atoms with van der Waals surface area (Å²) in [5.74, 6) is -0.679. The van der Waals surface area contributed by atoms with Crippen molar-refractivity contribution in [3.05, 3.63) is 0 Å². The van der Waals surface area contributed by atoms with Crippen LogP contribution in [0.2, 0.25) is 0 Å².